The van der Waals surface area contributed by atoms with Crippen molar-refractivity contribution in [2.45, 2.75) is 19.5 Å². The molecule has 0 saturated heterocycles. The van der Waals surface area contributed by atoms with E-state index in [1.54, 1.807) is 48.7 Å². The Balaban J connectivity index is 0.00000280. The zero-order valence-corrected chi connectivity index (χ0v) is 17.2. The molecule has 0 fully saturated rings. The molecule has 150 valence electrons. The molecule has 1 unspecified atom stereocenters. The normalized spacial score (nSPS) is 11.5. The van der Waals surface area contributed by atoms with Crippen molar-refractivity contribution < 1.29 is 14.0 Å². The van der Waals surface area contributed by atoms with Crippen molar-refractivity contribution >= 4 is 40.7 Å². The van der Waals surface area contributed by atoms with Gasteiger partial charge in [0.25, 0.3) is 0 Å². The van der Waals surface area contributed by atoms with Gasteiger partial charge in [-0.15, -0.1) is 23.7 Å². The Morgan fingerprint density at radius 1 is 1.36 bits per heavy atom. The Labute approximate surface area is 171 Å². The highest BCUT2D eigenvalue weighted by Crippen LogP contribution is 2.27. The van der Waals surface area contributed by atoms with Gasteiger partial charge in [-0.2, -0.15) is 5.10 Å². The lowest BCUT2D eigenvalue weighted by Crippen LogP contribution is -2.30. The summed E-state index contributed by atoms with van der Waals surface area (Å²) in [6.45, 7) is 1.77. The van der Waals surface area contributed by atoms with E-state index in [0.29, 0.717) is 28.9 Å². The van der Waals surface area contributed by atoms with Crippen LogP contribution in [0.3, 0.4) is 0 Å². The predicted molar refractivity (Wildman–Crippen MR) is 108 cm³/mol. The van der Waals surface area contributed by atoms with E-state index in [2.05, 4.69) is 26.0 Å². The van der Waals surface area contributed by atoms with Gasteiger partial charge in [0, 0.05) is 31.1 Å². The van der Waals surface area contributed by atoms with Crippen molar-refractivity contribution in [2.24, 2.45) is 7.05 Å². The number of carbonyl (C=O) groups is 2. The molecule has 28 heavy (non-hydrogen) atoms. The highest BCUT2D eigenvalue weighted by Gasteiger charge is 2.21. The number of halogens is 1. The van der Waals surface area contributed by atoms with E-state index in [1.807, 2.05) is 0 Å². The fourth-order valence-electron chi connectivity index (χ4n) is 2.48. The predicted octanol–water partition coefficient (Wildman–Crippen LogP) is 2.09. The van der Waals surface area contributed by atoms with Crippen LogP contribution >= 0.6 is 23.7 Å². The molecule has 0 aliphatic carbocycles. The summed E-state index contributed by atoms with van der Waals surface area (Å²) in [6, 6.07) is 3.03. The van der Waals surface area contributed by atoms with Gasteiger partial charge in [0.2, 0.25) is 11.8 Å². The average molecular weight is 425 g/mol. The maximum absolute atomic E-state index is 12.5. The number of furan rings is 1. The van der Waals surface area contributed by atoms with Crippen molar-refractivity contribution in [1.82, 2.24) is 25.4 Å². The van der Waals surface area contributed by atoms with Crippen LogP contribution in [0.5, 0.6) is 0 Å². The number of nitrogens with one attached hydrogen (secondary N) is 3. The molecule has 0 radical (unpaired) electrons. The molecule has 9 nitrogen and oxygen atoms in total. The van der Waals surface area contributed by atoms with Gasteiger partial charge < -0.3 is 20.4 Å². The second-order valence-corrected chi connectivity index (χ2v) is 6.73. The quantitative estimate of drug-likeness (QED) is 0.535. The van der Waals surface area contributed by atoms with Crippen molar-refractivity contribution in [3.63, 3.8) is 0 Å². The van der Waals surface area contributed by atoms with Crippen LogP contribution in [-0.2, 0) is 23.2 Å². The molecule has 3 heterocycles. The van der Waals surface area contributed by atoms with E-state index >= 15 is 0 Å². The Morgan fingerprint density at radius 2 is 2.14 bits per heavy atom. The summed E-state index contributed by atoms with van der Waals surface area (Å²) < 4.78 is 7.32. The van der Waals surface area contributed by atoms with Gasteiger partial charge in [0.1, 0.15) is 17.5 Å². The number of nitrogens with zero attached hydrogens (tertiary/aromatic N) is 3. The van der Waals surface area contributed by atoms with Crippen LogP contribution in [0.15, 0.2) is 34.3 Å². The standard InChI is InChI=1S/C17H20N6O3S.ClH/c1-10(24)19-7-12-4-5-14(26-12)13-9-27-17(21-13)22-16(25)15(18-2)11-6-20-23(3)8-11;/h4-6,8-9,15,18H,7H2,1-3H3,(H,19,24)(H,21,22,25);1H. The minimum Gasteiger partial charge on any atom is -0.458 e. The van der Waals surface area contributed by atoms with Crippen molar-refractivity contribution in [1.29, 1.82) is 0 Å². The molecule has 0 aliphatic heterocycles. The third-order valence-electron chi connectivity index (χ3n) is 3.77. The number of aryl methyl sites for hydroxylation is 1. The van der Waals surface area contributed by atoms with Gasteiger partial charge in [-0.1, -0.05) is 0 Å². The van der Waals surface area contributed by atoms with Crippen molar-refractivity contribution in [3.8, 4) is 11.5 Å². The van der Waals surface area contributed by atoms with Crippen LogP contribution < -0.4 is 16.0 Å². The zero-order chi connectivity index (χ0) is 19.4. The number of carbonyl (C=O) groups excluding carboxylic acids is 2. The summed E-state index contributed by atoms with van der Waals surface area (Å²) in [4.78, 5) is 27.9. The summed E-state index contributed by atoms with van der Waals surface area (Å²) in [5.41, 5.74) is 1.38. The topological polar surface area (TPSA) is 114 Å². The first-order valence-corrected chi connectivity index (χ1v) is 9.10. The molecule has 2 amide bonds. The molecule has 0 saturated carbocycles. The van der Waals surface area contributed by atoms with E-state index in [4.69, 9.17) is 4.42 Å². The monoisotopic (exact) mass is 424 g/mol. The number of hydrogen-bond acceptors (Lipinski definition) is 7. The largest absolute Gasteiger partial charge is 0.458 e. The molecule has 3 N–H and O–H groups in total. The lowest BCUT2D eigenvalue weighted by Gasteiger charge is -2.12. The average Bonchev–Trinajstić information content (AvgIpc) is 3.35. The van der Waals surface area contributed by atoms with Crippen molar-refractivity contribution in [3.05, 3.63) is 41.2 Å². The summed E-state index contributed by atoms with van der Waals surface area (Å²) in [7, 11) is 3.51. The molecule has 1 atom stereocenters. The molecular weight excluding hydrogens is 404 g/mol. The van der Waals surface area contributed by atoms with Crippen LogP contribution in [0, 0.1) is 0 Å². The van der Waals surface area contributed by atoms with Gasteiger partial charge >= 0.3 is 0 Å². The molecular formula is C17H21ClN6O3S. The smallest absolute Gasteiger partial charge is 0.247 e. The van der Waals surface area contributed by atoms with E-state index in [1.165, 1.54) is 18.3 Å². The van der Waals surface area contributed by atoms with Crippen LogP contribution in [0.25, 0.3) is 11.5 Å². The Hall–Kier alpha value is -2.69. The lowest BCUT2D eigenvalue weighted by atomic mass is 10.1. The number of amides is 2. The summed E-state index contributed by atoms with van der Waals surface area (Å²) in [5.74, 6) is 0.853. The molecule has 11 heteroatoms. The third-order valence-corrected chi connectivity index (χ3v) is 4.53. The highest BCUT2D eigenvalue weighted by atomic mass is 35.5. The first-order valence-electron chi connectivity index (χ1n) is 8.22. The molecule has 0 spiro atoms. The van der Waals surface area contributed by atoms with Crippen molar-refractivity contribution in [2.75, 3.05) is 12.4 Å². The number of rotatable bonds is 7. The fraction of sp³-hybridized carbons (Fsp3) is 0.294. The second kappa shape index (κ2) is 9.49. The van der Waals surface area contributed by atoms with Gasteiger partial charge in [-0.25, -0.2) is 4.98 Å². The number of hydrogen-bond donors (Lipinski definition) is 3. The molecule has 3 aromatic heterocycles. The molecule has 0 aromatic carbocycles. The Bertz CT molecular complexity index is 950. The van der Waals surface area contributed by atoms with Crippen LogP contribution in [0.1, 0.15) is 24.3 Å². The van der Waals surface area contributed by atoms with Gasteiger partial charge in [-0.05, 0) is 19.2 Å². The highest BCUT2D eigenvalue weighted by molar-refractivity contribution is 7.14. The molecule has 3 aromatic rings. The summed E-state index contributed by atoms with van der Waals surface area (Å²) in [5, 5.41) is 14.8. The minimum atomic E-state index is -0.529. The second-order valence-electron chi connectivity index (χ2n) is 5.87. The van der Waals surface area contributed by atoms with E-state index in [9.17, 15) is 9.59 Å². The lowest BCUT2D eigenvalue weighted by molar-refractivity contribution is -0.119. The fourth-order valence-corrected chi connectivity index (χ4v) is 3.19. The zero-order valence-electron chi connectivity index (χ0n) is 15.6. The molecule has 0 bridgehead atoms. The Morgan fingerprint density at radius 3 is 2.79 bits per heavy atom. The van der Waals surface area contributed by atoms with Gasteiger partial charge in [-0.3, -0.25) is 14.3 Å². The van der Waals surface area contributed by atoms with Gasteiger partial charge in [0.15, 0.2) is 10.9 Å². The first kappa shape index (κ1) is 21.6. The Kier molecular flexibility index (Phi) is 7.32. The van der Waals surface area contributed by atoms with E-state index < -0.39 is 6.04 Å². The summed E-state index contributed by atoms with van der Waals surface area (Å²) in [6.07, 6.45) is 3.43. The first-order chi connectivity index (χ1) is 13.0. The van der Waals surface area contributed by atoms with Crippen LogP contribution in [0.4, 0.5) is 5.13 Å². The molecule has 0 aliphatic rings. The SMILES string of the molecule is CNC(C(=O)Nc1nc(-c2ccc(CNC(C)=O)o2)cs1)c1cnn(C)c1.Cl. The number of anilines is 1. The maximum atomic E-state index is 12.5. The van der Waals surface area contributed by atoms with Crippen LogP contribution in [0.2, 0.25) is 0 Å². The van der Waals surface area contributed by atoms with Gasteiger partial charge in [0.05, 0.1) is 12.7 Å². The maximum Gasteiger partial charge on any atom is 0.247 e. The number of aromatic nitrogens is 3. The number of likely N-dealkylation sites (N-methyl/N-ethyl adjacent to an activating group) is 1. The third kappa shape index (κ3) is 5.18. The number of thiazole rings is 1. The van der Waals surface area contributed by atoms with Crippen LogP contribution in [-0.4, -0.2) is 33.6 Å². The molecule has 3 rings (SSSR count). The summed E-state index contributed by atoms with van der Waals surface area (Å²) >= 11 is 1.31. The van der Waals surface area contributed by atoms with E-state index in [-0.39, 0.29) is 24.2 Å². The van der Waals surface area contributed by atoms with E-state index in [0.717, 1.165) is 5.56 Å². The minimum absolute atomic E-state index is 0.